The molecule has 1 aliphatic heterocycles. The van der Waals surface area contributed by atoms with E-state index in [4.69, 9.17) is 9.26 Å². The maximum absolute atomic E-state index is 12.0. The van der Waals surface area contributed by atoms with Gasteiger partial charge in [-0.25, -0.2) is 4.67 Å². The lowest BCUT2D eigenvalue weighted by Gasteiger charge is -2.37. The second kappa shape index (κ2) is 6.19. The molecule has 0 aromatic heterocycles. The molecule has 104 valence electrons. The second-order valence-electron chi connectivity index (χ2n) is 4.94. The minimum absolute atomic E-state index is 0.0214. The average molecular weight is 276 g/mol. The smallest absolute Gasteiger partial charge is 0.268 e. The molecule has 3 atom stereocenters. The number of rotatable bonds is 4. The zero-order valence-corrected chi connectivity index (χ0v) is 12.6. The van der Waals surface area contributed by atoms with Crippen LogP contribution in [0.15, 0.2) is 0 Å². The van der Waals surface area contributed by atoms with E-state index in [0.717, 1.165) is 0 Å². The largest absolute Gasteiger partial charge is 0.378 e. The number of carbonyl (C=O) groups excluding carboxylic acids is 1. The Balaban J connectivity index is 2.52. The molecule has 1 amide bonds. The van der Waals surface area contributed by atoms with E-state index in [0.29, 0.717) is 13.1 Å². The van der Waals surface area contributed by atoms with Crippen molar-refractivity contribution < 1.29 is 18.6 Å². The summed E-state index contributed by atoms with van der Waals surface area (Å²) >= 11 is 0. The molecule has 1 aliphatic rings. The Hall–Kier alpha value is -0.355. The zero-order chi connectivity index (χ0) is 13.9. The van der Waals surface area contributed by atoms with Gasteiger partial charge in [-0.3, -0.25) is 9.36 Å². The van der Waals surface area contributed by atoms with Crippen molar-refractivity contribution in [3.63, 3.8) is 0 Å². The SMILES string of the molecule is B[C@H]1CN(C(C)=O)CC(COP(C)(=O)N(C)C)O1. The van der Waals surface area contributed by atoms with Gasteiger partial charge in [-0.15, -0.1) is 0 Å². The van der Waals surface area contributed by atoms with Crippen molar-refractivity contribution in [1.29, 1.82) is 0 Å². The number of carbonyl (C=O) groups is 1. The van der Waals surface area contributed by atoms with E-state index < -0.39 is 7.52 Å². The minimum Gasteiger partial charge on any atom is -0.378 e. The summed E-state index contributed by atoms with van der Waals surface area (Å²) in [6, 6.07) is -0.0214. The van der Waals surface area contributed by atoms with Crippen LogP contribution in [-0.4, -0.2) is 75.9 Å². The topological polar surface area (TPSA) is 59.1 Å². The average Bonchev–Trinajstić information content (AvgIpc) is 2.25. The number of hydrogen-bond donors (Lipinski definition) is 0. The summed E-state index contributed by atoms with van der Waals surface area (Å²) in [5, 5.41) is 0. The third-order valence-electron chi connectivity index (χ3n) is 3.00. The van der Waals surface area contributed by atoms with E-state index in [2.05, 4.69) is 0 Å². The highest BCUT2D eigenvalue weighted by atomic mass is 31.2. The minimum atomic E-state index is -2.74. The van der Waals surface area contributed by atoms with Crippen LogP contribution in [-0.2, 0) is 18.6 Å². The van der Waals surface area contributed by atoms with Gasteiger partial charge >= 0.3 is 0 Å². The van der Waals surface area contributed by atoms with Gasteiger partial charge in [0.25, 0.3) is 7.52 Å². The summed E-state index contributed by atoms with van der Waals surface area (Å²) in [6.07, 6.45) is -0.217. The maximum atomic E-state index is 12.0. The van der Waals surface area contributed by atoms with Crippen LogP contribution in [0.1, 0.15) is 6.92 Å². The highest BCUT2D eigenvalue weighted by molar-refractivity contribution is 7.55. The van der Waals surface area contributed by atoms with Gasteiger partial charge in [-0.1, -0.05) is 0 Å². The predicted octanol–water partition coefficient (Wildman–Crippen LogP) is -0.406. The molecule has 1 heterocycles. The Morgan fingerprint density at radius 2 is 2.17 bits per heavy atom. The van der Waals surface area contributed by atoms with Gasteiger partial charge < -0.3 is 14.2 Å². The van der Waals surface area contributed by atoms with Crippen molar-refractivity contribution in [2.75, 3.05) is 40.5 Å². The number of hydrogen-bond acceptors (Lipinski definition) is 4. The molecule has 0 aromatic carbocycles. The highest BCUT2D eigenvalue weighted by Gasteiger charge is 2.29. The summed E-state index contributed by atoms with van der Waals surface area (Å²) in [7, 11) is 2.60. The molecule has 0 aliphatic carbocycles. The fraction of sp³-hybridized carbons (Fsp3) is 0.900. The third kappa shape index (κ3) is 4.39. The van der Waals surface area contributed by atoms with Crippen LogP contribution in [0.2, 0.25) is 0 Å². The van der Waals surface area contributed by atoms with Crippen LogP contribution in [0.5, 0.6) is 0 Å². The van der Waals surface area contributed by atoms with Gasteiger partial charge in [-0.05, 0) is 14.1 Å². The van der Waals surface area contributed by atoms with Crippen molar-refractivity contribution in [2.45, 2.75) is 19.0 Å². The van der Waals surface area contributed by atoms with Gasteiger partial charge in [0.15, 0.2) is 0 Å². The lowest BCUT2D eigenvalue weighted by Crippen LogP contribution is -2.51. The van der Waals surface area contributed by atoms with Crippen LogP contribution in [0.4, 0.5) is 0 Å². The molecule has 0 spiro atoms. The number of nitrogens with zero attached hydrogens (tertiary/aromatic N) is 2. The lowest BCUT2D eigenvalue weighted by molar-refractivity contribution is -0.139. The summed E-state index contributed by atoms with van der Waals surface area (Å²) in [5.41, 5.74) is 0. The fourth-order valence-electron chi connectivity index (χ4n) is 1.73. The van der Waals surface area contributed by atoms with E-state index in [1.54, 1.807) is 37.3 Å². The highest BCUT2D eigenvalue weighted by Crippen LogP contribution is 2.44. The van der Waals surface area contributed by atoms with Crippen LogP contribution >= 0.6 is 7.52 Å². The molecule has 0 radical (unpaired) electrons. The molecule has 1 fully saturated rings. The molecular formula is C10H22BN2O4P. The molecule has 18 heavy (non-hydrogen) atoms. The van der Waals surface area contributed by atoms with Crippen LogP contribution < -0.4 is 0 Å². The van der Waals surface area contributed by atoms with Gasteiger partial charge in [0, 0.05) is 32.7 Å². The van der Waals surface area contributed by atoms with E-state index in [9.17, 15) is 9.36 Å². The summed E-state index contributed by atoms with van der Waals surface area (Å²) in [6.45, 7) is 4.44. The third-order valence-corrected chi connectivity index (χ3v) is 5.08. The lowest BCUT2D eigenvalue weighted by atomic mass is 9.97. The van der Waals surface area contributed by atoms with Gasteiger partial charge in [-0.2, -0.15) is 0 Å². The Morgan fingerprint density at radius 1 is 1.56 bits per heavy atom. The Bertz CT molecular complexity index is 353. The normalized spacial score (nSPS) is 28.2. The molecule has 0 saturated carbocycles. The summed E-state index contributed by atoms with van der Waals surface area (Å²) in [4.78, 5) is 13.1. The second-order valence-corrected chi connectivity index (χ2v) is 7.60. The molecule has 0 aromatic rings. The fourth-order valence-corrected chi connectivity index (χ4v) is 2.41. The first-order chi connectivity index (χ1) is 8.22. The number of ether oxygens (including phenoxy) is 1. The van der Waals surface area contributed by atoms with Gasteiger partial charge in [0.2, 0.25) is 5.91 Å². The van der Waals surface area contributed by atoms with Crippen molar-refractivity contribution in [2.24, 2.45) is 0 Å². The standard InChI is InChI=1S/C10H22BN2O4P/c1-8(14)13-5-9(17-10(11)6-13)7-16-18(4,15)12(2)3/h9-10H,5-7,11H2,1-4H3/t9?,10-,18?/m1/s1. The molecular weight excluding hydrogens is 254 g/mol. The molecule has 8 heteroatoms. The monoisotopic (exact) mass is 276 g/mol. The first-order valence-electron chi connectivity index (χ1n) is 6.03. The van der Waals surface area contributed by atoms with E-state index >= 15 is 0 Å². The van der Waals surface area contributed by atoms with Crippen molar-refractivity contribution >= 4 is 21.3 Å². The molecule has 0 N–H and O–H groups in total. The van der Waals surface area contributed by atoms with Crippen LogP contribution in [0, 0.1) is 0 Å². The van der Waals surface area contributed by atoms with Crippen molar-refractivity contribution in [1.82, 2.24) is 9.57 Å². The van der Waals surface area contributed by atoms with E-state index in [-0.39, 0.29) is 24.6 Å². The van der Waals surface area contributed by atoms with Crippen LogP contribution in [0.3, 0.4) is 0 Å². The first kappa shape index (κ1) is 15.7. The predicted molar refractivity (Wildman–Crippen MR) is 72.6 cm³/mol. The molecule has 1 rings (SSSR count). The maximum Gasteiger partial charge on any atom is 0.268 e. The molecule has 1 saturated heterocycles. The number of morpholine rings is 1. The molecule has 0 bridgehead atoms. The quantitative estimate of drug-likeness (QED) is 0.516. The van der Waals surface area contributed by atoms with E-state index in [1.165, 1.54) is 0 Å². The molecule has 2 unspecified atom stereocenters. The van der Waals surface area contributed by atoms with Crippen LogP contribution in [0.25, 0.3) is 0 Å². The Morgan fingerprint density at radius 3 is 2.67 bits per heavy atom. The summed E-state index contributed by atoms with van der Waals surface area (Å²) in [5.74, 6) is 0.0300. The van der Waals surface area contributed by atoms with Crippen molar-refractivity contribution in [3.05, 3.63) is 0 Å². The zero-order valence-electron chi connectivity index (χ0n) is 11.8. The Labute approximate surface area is 110 Å². The summed E-state index contributed by atoms with van der Waals surface area (Å²) < 4.78 is 24.7. The van der Waals surface area contributed by atoms with E-state index in [1.807, 2.05) is 7.85 Å². The first-order valence-corrected chi connectivity index (χ1v) is 8.05. The molecule has 6 nitrogen and oxygen atoms in total. The van der Waals surface area contributed by atoms with Crippen molar-refractivity contribution in [3.8, 4) is 0 Å². The Kier molecular flexibility index (Phi) is 5.40. The van der Waals surface area contributed by atoms with Gasteiger partial charge in [0.05, 0.1) is 12.7 Å². The number of amides is 1. The van der Waals surface area contributed by atoms with Gasteiger partial charge in [0.1, 0.15) is 7.85 Å².